The Bertz CT molecular complexity index is 435. The van der Waals surface area contributed by atoms with Crippen LogP contribution in [0.4, 0.5) is 5.69 Å². The van der Waals surface area contributed by atoms with Crippen molar-refractivity contribution in [2.75, 3.05) is 5.73 Å². The lowest BCUT2D eigenvalue weighted by Gasteiger charge is -1.97. The van der Waals surface area contributed by atoms with E-state index in [-0.39, 0.29) is 0 Å². The average Bonchev–Trinajstić information content (AvgIpc) is 2.41. The van der Waals surface area contributed by atoms with E-state index >= 15 is 0 Å². The minimum atomic E-state index is 0.421. The summed E-state index contributed by atoms with van der Waals surface area (Å²) in [6.45, 7) is 0. The van der Waals surface area contributed by atoms with E-state index in [0.717, 1.165) is 5.52 Å². The molecule has 62 valence electrons. The molecule has 3 nitrogen and oxygen atoms in total. The Morgan fingerprint density at radius 3 is 2.83 bits per heavy atom. The SMILES string of the molecule is Nc1c(Cl)ccc2n[nH]c(Cl)c12. The second-order valence-electron chi connectivity index (χ2n) is 2.39. The van der Waals surface area contributed by atoms with Crippen molar-refractivity contribution in [3.8, 4) is 0 Å². The molecule has 0 aliphatic carbocycles. The summed E-state index contributed by atoms with van der Waals surface area (Å²) < 4.78 is 0. The van der Waals surface area contributed by atoms with Crippen molar-refractivity contribution in [3.63, 3.8) is 0 Å². The zero-order valence-corrected chi connectivity index (χ0v) is 7.45. The summed E-state index contributed by atoms with van der Waals surface area (Å²) in [6, 6.07) is 3.45. The first-order chi connectivity index (χ1) is 5.70. The highest BCUT2D eigenvalue weighted by molar-refractivity contribution is 6.38. The summed E-state index contributed by atoms with van der Waals surface area (Å²) >= 11 is 11.6. The van der Waals surface area contributed by atoms with Crippen molar-refractivity contribution in [1.82, 2.24) is 10.2 Å². The number of nitrogens with zero attached hydrogens (tertiary/aromatic N) is 1. The van der Waals surface area contributed by atoms with Gasteiger partial charge in [-0.05, 0) is 12.1 Å². The van der Waals surface area contributed by atoms with Crippen LogP contribution in [0.25, 0.3) is 10.9 Å². The van der Waals surface area contributed by atoms with Gasteiger partial charge < -0.3 is 5.73 Å². The Morgan fingerprint density at radius 1 is 1.33 bits per heavy atom. The summed E-state index contributed by atoms with van der Waals surface area (Å²) in [5, 5.41) is 8.14. The average molecular weight is 202 g/mol. The summed E-state index contributed by atoms with van der Waals surface area (Å²) in [7, 11) is 0. The van der Waals surface area contributed by atoms with E-state index in [1.807, 2.05) is 0 Å². The number of benzene rings is 1. The highest BCUT2D eigenvalue weighted by Gasteiger charge is 2.08. The number of nitrogens with one attached hydrogen (secondary N) is 1. The molecule has 0 saturated carbocycles. The Morgan fingerprint density at radius 2 is 2.08 bits per heavy atom. The van der Waals surface area contributed by atoms with Gasteiger partial charge in [0.25, 0.3) is 0 Å². The monoisotopic (exact) mass is 201 g/mol. The van der Waals surface area contributed by atoms with E-state index in [1.165, 1.54) is 0 Å². The zero-order chi connectivity index (χ0) is 8.72. The predicted octanol–water partition coefficient (Wildman–Crippen LogP) is 2.45. The summed E-state index contributed by atoms with van der Waals surface area (Å²) in [6.07, 6.45) is 0. The van der Waals surface area contributed by atoms with Gasteiger partial charge in [-0.25, -0.2) is 0 Å². The van der Waals surface area contributed by atoms with Gasteiger partial charge in [0.1, 0.15) is 5.15 Å². The van der Waals surface area contributed by atoms with Crippen LogP contribution < -0.4 is 5.73 Å². The number of halogens is 2. The van der Waals surface area contributed by atoms with Gasteiger partial charge in [0.05, 0.1) is 21.6 Å². The molecule has 0 bridgehead atoms. The van der Waals surface area contributed by atoms with Gasteiger partial charge in [-0.15, -0.1) is 0 Å². The predicted molar refractivity (Wildman–Crippen MR) is 50.5 cm³/mol. The Balaban J connectivity index is 2.96. The molecule has 0 spiro atoms. The molecule has 0 aliphatic rings. The Kier molecular flexibility index (Phi) is 1.63. The lowest BCUT2D eigenvalue weighted by molar-refractivity contribution is 1.12. The minimum absolute atomic E-state index is 0.421. The maximum atomic E-state index is 5.79. The molecule has 1 heterocycles. The third-order valence-corrected chi connectivity index (χ3v) is 2.27. The molecule has 5 heteroatoms. The van der Waals surface area contributed by atoms with Gasteiger partial charge in [0, 0.05) is 0 Å². The van der Waals surface area contributed by atoms with E-state index in [4.69, 9.17) is 28.9 Å². The van der Waals surface area contributed by atoms with E-state index in [2.05, 4.69) is 10.2 Å². The number of hydrogen-bond donors (Lipinski definition) is 2. The van der Waals surface area contributed by atoms with Crippen molar-refractivity contribution in [2.45, 2.75) is 0 Å². The lowest BCUT2D eigenvalue weighted by Crippen LogP contribution is -1.86. The molecule has 2 aromatic rings. The quantitative estimate of drug-likeness (QED) is 0.644. The normalized spacial score (nSPS) is 10.8. The lowest BCUT2D eigenvalue weighted by atomic mass is 10.2. The first-order valence-electron chi connectivity index (χ1n) is 3.27. The van der Waals surface area contributed by atoms with Crippen molar-refractivity contribution < 1.29 is 0 Å². The topological polar surface area (TPSA) is 54.7 Å². The number of nitrogens with two attached hydrogens (primary N) is 1. The van der Waals surface area contributed by atoms with E-state index in [1.54, 1.807) is 12.1 Å². The number of fused-ring (bicyclic) bond motifs is 1. The first kappa shape index (κ1) is 7.71. The number of nitrogen functional groups attached to an aromatic ring is 1. The fourth-order valence-corrected chi connectivity index (χ4v) is 1.47. The van der Waals surface area contributed by atoms with Gasteiger partial charge in [0.15, 0.2) is 0 Å². The van der Waals surface area contributed by atoms with Crippen LogP contribution in [-0.2, 0) is 0 Å². The van der Waals surface area contributed by atoms with E-state index in [0.29, 0.717) is 21.2 Å². The molecule has 0 aliphatic heterocycles. The fourth-order valence-electron chi connectivity index (χ4n) is 1.07. The molecule has 1 aromatic heterocycles. The Hall–Kier alpha value is -0.930. The van der Waals surface area contributed by atoms with Crippen LogP contribution in [-0.4, -0.2) is 10.2 Å². The molecule has 0 atom stereocenters. The van der Waals surface area contributed by atoms with Crippen molar-refractivity contribution in [1.29, 1.82) is 0 Å². The number of hydrogen-bond acceptors (Lipinski definition) is 2. The minimum Gasteiger partial charge on any atom is -0.397 e. The molecule has 0 saturated heterocycles. The number of aromatic amines is 1. The van der Waals surface area contributed by atoms with Crippen LogP contribution in [0.3, 0.4) is 0 Å². The standard InChI is InChI=1S/C7H5Cl2N3/c8-3-1-2-4-5(6(3)10)7(9)12-11-4/h1-2H,10H2,(H,11,12). The summed E-state index contributed by atoms with van der Waals surface area (Å²) in [4.78, 5) is 0. The van der Waals surface area contributed by atoms with Crippen molar-refractivity contribution in [2.24, 2.45) is 0 Å². The number of rotatable bonds is 0. The summed E-state index contributed by atoms with van der Waals surface area (Å²) in [5.41, 5.74) is 6.88. The van der Waals surface area contributed by atoms with Crippen LogP contribution in [0.15, 0.2) is 12.1 Å². The highest BCUT2D eigenvalue weighted by Crippen LogP contribution is 2.31. The van der Waals surface area contributed by atoms with Crippen LogP contribution in [0.2, 0.25) is 10.2 Å². The van der Waals surface area contributed by atoms with Crippen molar-refractivity contribution in [3.05, 3.63) is 22.3 Å². The zero-order valence-electron chi connectivity index (χ0n) is 5.94. The molecular weight excluding hydrogens is 197 g/mol. The molecule has 3 N–H and O–H groups in total. The molecule has 0 amide bonds. The van der Waals surface area contributed by atoms with Crippen molar-refractivity contribution >= 4 is 39.8 Å². The highest BCUT2D eigenvalue weighted by atomic mass is 35.5. The van der Waals surface area contributed by atoms with Gasteiger partial charge >= 0.3 is 0 Å². The molecule has 12 heavy (non-hydrogen) atoms. The van der Waals surface area contributed by atoms with E-state index < -0.39 is 0 Å². The van der Waals surface area contributed by atoms with Crippen LogP contribution >= 0.6 is 23.2 Å². The van der Waals surface area contributed by atoms with Gasteiger partial charge in [0.2, 0.25) is 0 Å². The van der Waals surface area contributed by atoms with Crippen LogP contribution in [0.5, 0.6) is 0 Å². The molecule has 0 radical (unpaired) electrons. The second kappa shape index (κ2) is 2.54. The second-order valence-corrected chi connectivity index (χ2v) is 3.18. The molecule has 2 rings (SSSR count). The molecule has 0 fully saturated rings. The van der Waals surface area contributed by atoms with Gasteiger partial charge in [-0.1, -0.05) is 23.2 Å². The maximum Gasteiger partial charge on any atom is 0.134 e. The third kappa shape index (κ3) is 0.940. The van der Waals surface area contributed by atoms with Crippen LogP contribution in [0.1, 0.15) is 0 Å². The molecule has 0 unspecified atom stereocenters. The number of H-pyrrole nitrogens is 1. The molecule has 1 aromatic carbocycles. The first-order valence-corrected chi connectivity index (χ1v) is 4.03. The number of aromatic nitrogens is 2. The largest absolute Gasteiger partial charge is 0.397 e. The Labute approximate surface area is 78.5 Å². The van der Waals surface area contributed by atoms with Gasteiger partial charge in [-0.3, -0.25) is 5.10 Å². The number of anilines is 1. The smallest absolute Gasteiger partial charge is 0.134 e. The van der Waals surface area contributed by atoms with E-state index in [9.17, 15) is 0 Å². The third-order valence-electron chi connectivity index (χ3n) is 1.66. The molecular formula is C7H5Cl2N3. The maximum absolute atomic E-state index is 5.79. The summed E-state index contributed by atoms with van der Waals surface area (Å²) in [5.74, 6) is 0. The van der Waals surface area contributed by atoms with Gasteiger partial charge in [-0.2, -0.15) is 5.10 Å². The van der Waals surface area contributed by atoms with Crippen LogP contribution in [0, 0.1) is 0 Å². The fraction of sp³-hybridized carbons (Fsp3) is 0.